The van der Waals surface area contributed by atoms with Crippen LogP contribution in [0.25, 0.3) is 0 Å². The van der Waals surface area contributed by atoms with E-state index in [1.807, 2.05) is 19.1 Å². The smallest absolute Gasteiger partial charge is 0.307 e. The van der Waals surface area contributed by atoms with E-state index in [1.54, 1.807) is 24.3 Å². The molecule has 1 saturated carbocycles. The molecule has 186 valence electrons. The van der Waals surface area contributed by atoms with Crippen molar-refractivity contribution in [2.24, 2.45) is 11.8 Å². The monoisotopic (exact) mass is 497 g/mol. The first kappa shape index (κ1) is 25.0. The molecule has 4 rings (SSSR count). The van der Waals surface area contributed by atoms with E-state index in [0.717, 1.165) is 50.0 Å². The van der Waals surface area contributed by atoms with Crippen molar-refractivity contribution in [2.45, 2.75) is 51.9 Å². The van der Waals surface area contributed by atoms with Crippen LogP contribution in [-0.4, -0.2) is 36.0 Å². The molecule has 8 heteroatoms. The van der Waals surface area contributed by atoms with Crippen LogP contribution in [0.4, 0.5) is 17.1 Å². The molecule has 1 aliphatic carbocycles. The molecule has 2 atom stereocenters. The number of benzene rings is 2. The number of halogens is 1. The van der Waals surface area contributed by atoms with Crippen molar-refractivity contribution >= 4 is 46.4 Å². The van der Waals surface area contributed by atoms with Crippen molar-refractivity contribution in [1.29, 1.82) is 0 Å². The van der Waals surface area contributed by atoms with Crippen LogP contribution in [0.2, 0.25) is 5.02 Å². The molecule has 35 heavy (non-hydrogen) atoms. The third kappa shape index (κ3) is 5.96. The van der Waals surface area contributed by atoms with Gasteiger partial charge in [0.1, 0.15) is 0 Å². The molecular formula is C27H32ClN3O4. The summed E-state index contributed by atoms with van der Waals surface area (Å²) in [5.41, 5.74) is 3.29. The number of hydrogen-bond donors (Lipinski definition) is 3. The Hall–Kier alpha value is -3.06. The summed E-state index contributed by atoms with van der Waals surface area (Å²) in [6.45, 7) is 3.63. The number of amides is 2. The van der Waals surface area contributed by atoms with E-state index in [1.165, 1.54) is 6.42 Å². The highest BCUT2D eigenvalue weighted by Gasteiger charge is 2.35. The van der Waals surface area contributed by atoms with Gasteiger partial charge in [0, 0.05) is 35.2 Å². The predicted molar refractivity (Wildman–Crippen MR) is 138 cm³/mol. The van der Waals surface area contributed by atoms with Gasteiger partial charge in [-0.15, -0.1) is 0 Å². The van der Waals surface area contributed by atoms with E-state index in [0.29, 0.717) is 34.8 Å². The van der Waals surface area contributed by atoms with Crippen molar-refractivity contribution in [3.8, 4) is 0 Å². The van der Waals surface area contributed by atoms with Crippen LogP contribution in [0.5, 0.6) is 0 Å². The average molecular weight is 498 g/mol. The van der Waals surface area contributed by atoms with E-state index >= 15 is 0 Å². The average Bonchev–Trinajstić information content (AvgIpc) is 2.86. The van der Waals surface area contributed by atoms with Crippen LogP contribution in [0.3, 0.4) is 0 Å². The number of carboxylic acid groups (broad SMARTS) is 1. The topological polar surface area (TPSA) is 98.7 Å². The first-order chi connectivity index (χ1) is 16.8. The van der Waals surface area contributed by atoms with E-state index in [4.69, 9.17) is 11.6 Å². The maximum Gasteiger partial charge on any atom is 0.307 e. The normalized spacial score (nSPS) is 20.2. The van der Waals surface area contributed by atoms with Gasteiger partial charge in [-0.2, -0.15) is 0 Å². The summed E-state index contributed by atoms with van der Waals surface area (Å²) in [6.07, 6.45) is 6.00. The zero-order valence-electron chi connectivity index (χ0n) is 20.0. The largest absolute Gasteiger partial charge is 0.481 e. The predicted octanol–water partition coefficient (Wildman–Crippen LogP) is 5.72. The number of carbonyl (C=O) groups excluding carboxylic acids is 2. The second-order valence-corrected chi connectivity index (χ2v) is 9.95. The minimum atomic E-state index is -0.928. The molecule has 3 N–H and O–H groups in total. The van der Waals surface area contributed by atoms with Crippen LogP contribution in [0, 0.1) is 18.8 Å². The van der Waals surface area contributed by atoms with Crippen LogP contribution < -0.4 is 15.5 Å². The van der Waals surface area contributed by atoms with Gasteiger partial charge in [-0.05, 0) is 74.9 Å². The van der Waals surface area contributed by atoms with E-state index in [2.05, 4.69) is 15.5 Å². The molecule has 7 nitrogen and oxygen atoms in total. The first-order valence-electron chi connectivity index (χ1n) is 12.3. The van der Waals surface area contributed by atoms with Gasteiger partial charge in [0.05, 0.1) is 17.4 Å². The maximum atomic E-state index is 13.5. The molecule has 0 radical (unpaired) electrons. The SMILES string of the molecule is Cc1ccc(Cl)cc1NC(=O)c1cc(NC(=O)[C@@H]2CCCC[C@H]2C(=O)O)ccc1N1CCCCC1. The van der Waals surface area contributed by atoms with Crippen molar-refractivity contribution in [1.82, 2.24) is 0 Å². The van der Waals surface area contributed by atoms with Gasteiger partial charge in [-0.1, -0.05) is 30.5 Å². The Balaban J connectivity index is 1.61. The lowest BCUT2D eigenvalue weighted by Crippen LogP contribution is -2.36. The Morgan fingerprint density at radius 2 is 1.63 bits per heavy atom. The molecule has 1 aliphatic heterocycles. The van der Waals surface area contributed by atoms with Gasteiger partial charge in [0.25, 0.3) is 5.91 Å². The minimum Gasteiger partial charge on any atom is -0.481 e. The van der Waals surface area contributed by atoms with E-state index < -0.39 is 17.8 Å². The van der Waals surface area contributed by atoms with Crippen molar-refractivity contribution in [3.63, 3.8) is 0 Å². The molecule has 2 fully saturated rings. The first-order valence-corrected chi connectivity index (χ1v) is 12.7. The summed E-state index contributed by atoms with van der Waals surface area (Å²) in [4.78, 5) is 40.3. The zero-order chi connectivity index (χ0) is 24.9. The highest BCUT2D eigenvalue weighted by Crippen LogP contribution is 2.33. The minimum absolute atomic E-state index is 0.284. The summed E-state index contributed by atoms with van der Waals surface area (Å²) in [7, 11) is 0. The van der Waals surface area contributed by atoms with Gasteiger partial charge in [-0.25, -0.2) is 0 Å². The number of carbonyl (C=O) groups is 3. The number of nitrogens with one attached hydrogen (secondary N) is 2. The Bertz CT molecular complexity index is 1110. The standard InChI is InChI=1S/C27H32ClN3O4/c1-17-9-10-18(28)15-23(17)30-26(33)22-16-19(11-12-24(22)31-13-5-2-6-14-31)29-25(32)20-7-3-4-8-21(20)27(34)35/h9-12,15-16,20-21H,2-8,13-14H2,1H3,(H,29,32)(H,30,33)(H,34,35)/t20-,21-/m1/s1. The molecule has 2 aromatic rings. The number of carboxylic acids is 1. The summed E-state index contributed by atoms with van der Waals surface area (Å²) < 4.78 is 0. The lowest BCUT2D eigenvalue weighted by atomic mass is 9.78. The summed E-state index contributed by atoms with van der Waals surface area (Å²) in [5.74, 6) is -2.77. The lowest BCUT2D eigenvalue weighted by molar-refractivity contribution is -0.147. The molecule has 1 saturated heterocycles. The Morgan fingerprint density at radius 3 is 2.34 bits per heavy atom. The number of aliphatic carboxylic acids is 1. The molecule has 2 amide bonds. The fraction of sp³-hybridized carbons (Fsp3) is 0.444. The highest BCUT2D eigenvalue weighted by atomic mass is 35.5. The molecule has 0 spiro atoms. The molecule has 1 heterocycles. The number of aryl methyl sites for hydroxylation is 1. The van der Waals surface area contributed by atoms with Gasteiger partial charge in [0.2, 0.25) is 5.91 Å². The van der Waals surface area contributed by atoms with Gasteiger partial charge < -0.3 is 20.6 Å². The molecule has 0 unspecified atom stereocenters. The Kier molecular flexibility index (Phi) is 7.96. The van der Waals surface area contributed by atoms with Gasteiger partial charge in [-0.3, -0.25) is 14.4 Å². The third-order valence-corrected chi connectivity index (χ3v) is 7.31. The van der Waals surface area contributed by atoms with Crippen molar-refractivity contribution in [2.75, 3.05) is 28.6 Å². The summed E-state index contributed by atoms with van der Waals surface area (Å²) in [5, 5.41) is 15.9. The van der Waals surface area contributed by atoms with Gasteiger partial charge >= 0.3 is 5.97 Å². The second kappa shape index (κ2) is 11.1. The number of nitrogens with zero attached hydrogens (tertiary/aromatic N) is 1. The van der Waals surface area contributed by atoms with Crippen molar-refractivity contribution in [3.05, 3.63) is 52.5 Å². The summed E-state index contributed by atoms with van der Waals surface area (Å²) >= 11 is 6.14. The Labute approximate surface area is 210 Å². The molecular weight excluding hydrogens is 466 g/mol. The molecule has 2 aromatic carbocycles. The number of anilines is 3. The molecule has 0 bridgehead atoms. The van der Waals surface area contributed by atoms with Crippen LogP contribution >= 0.6 is 11.6 Å². The van der Waals surface area contributed by atoms with Crippen LogP contribution in [-0.2, 0) is 9.59 Å². The summed E-state index contributed by atoms with van der Waals surface area (Å²) in [6, 6.07) is 10.7. The third-order valence-electron chi connectivity index (χ3n) is 7.07. The van der Waals surface area contributed by atoms with Crippen LogP contribution in [0.15, 0.2) is 36.4 Å². The van der Waals surface area contributed by atoms with Crippen LogP contribution in [0.1, 0.15) is 60.9 Å². The van der Waals surface area contributed by atoms with Crippen molar-refractivity contribution < 1.29 is 19.5 Å². The maximum absolute atomic E-state index is 13.5. The fourth-order valence-electron chi connectivity index (χ4n) is 5.10. The van der Waals surface area contributed by atoms with E-state index in [9.17, 15) is 19.5 Å². The molecule has 0 aromatic heterocycles. The lowest BCUT2D eigenvalue weighted by Gasteiger charge is -2.31. The molecule has 2 aliphatic rings. The highest BCUT2D eigenvalue weighted by molar-refractivity contribution is 6.31. The zero-order valence-corrected chi connectivity index (χ0v) is 20.7. The fourth-order valence-corrected chi connectivity index (χ4v) is 5.27. The number of rotatable bonds is 6. The quantitative estimate of drug-likeness (QED) is 0.474. The van der Waals surface area contributed by atoms with Gasteiger partial charge in [0.15, 0.2) is 0 Å². The second-order valence-electron chi connectivity index (χ2n) is 9.52. The number of piperidine rings is 1. The Morgan fingerprint density at radius 1 is 0.914 bits per heavy atom. The van der Waals surface area contributed by atoms with E-state index in [-0.39, 0.29) is 11.8 Å². The number of hydrogen-bond acceptors (Lipinski definition) is 4.